The molecular weight excluding hydrogens is 270 g/mol. The maximum absolute atomic E-state index is 10.9. The maximum Gasteiger partial charge on any atom is 0.323 e. The van der Waals surface area contributed by atoms with Crippen LogP contribution in [0, 0.1) is 21.4 Å². The Morgan fingerprint density at radius 3 is 2.25 bits per heavy atom. The highest BCUT2D eigenvalue weighted by Gasteiger charge is 2.23. The zero-order valence-corrected chi connectivity index (χ0v) is 10.0. The molecule has 0 saturated heterocycles. The van der Waals surface area contributed by atoms with Gasteiger partial charge < -0.3 is 15.1 Å². The van der Waals surface area contributed by atoms with E-state index in [2.05, 4.69) is 0 Å². The summed E-state index contributed by atoms with van der Waals surface area (Å²) in [4.78, 5) is 32.4. The summed E-state index contributed by atoms with van der Waals surface area (Å²) in [6.07, 6.45) is 0. The van der Waals surface area contributed by atoms with Gasteiger partial charge in [-0.2, -0.15) is 5.26 Å². The van der Waals surface area contributed by atoms with Gasteiger partial charge in [-0.1, -0.05) is 0 Å². The monoisotopic (exact) mass is 279 g/mol. The molecule has 0 spiro atoms. The Labute approximate surface area is 112 Å². The molecule has 0 atom stereocenters. The second-order valence-corrected chi connectivity index (χ2v) is 3.72. The molecule has 0 aliphatic carbocycles. The first kappa shape index (κ1) is 14.9. The van der Waals surface area contributed by atoms with Crippen LogP contribution in [0.15, 0.2) is 18.2 Å². The predicted molar refractivity (Wildman–Crippen MR) is 65.3 cm³/mol. The maximum atomic E-state index is 10.9. The van der Waals surface area contributed by atoms with Gasteiger partial charge in [0.05, 0.1) is 16.6 Å². The van der Waals surface area contributed by atoms with Gasteiger partial charge in [-0.25, -0.2) is 0 Å². The van der Waals surface area contributed by atoms with E-state index in [-0.39, 0.29) is 11.3 Å². The lowest BCUT2D eigenvalue weighted by atomic mass is 10.1. The molecule has 20 heavy (non-hydrogen) atoms. The molecule has 0 radical (unpaired) electrons. The molecular formula is C11H9N3O6. The smallest absolute Gasteiger partial charge is 0.323 e. The average molecular weight is 279 g/mol. The highest BCUT2D eigenvalue weighted by atomic mass is 16.6. The fourth-order valence-electron chi connectivity index (χ4n) is 1.56. The van der Waals surface area contributed by atoms with Crippen molar-refractivity contribution in [2.24, 2.45) is 0 Å². The minimum atomic E-state index is -1.33. The van der Waals surface area contributed by atoms with Crippen LogP contribution in [0.2, 0.25) is 0 Å². The van der Waals surface area contributed by atoms with Gasteiger partial charge in [-0.05, 0) is 12.1 Å². The second kappa shape index (κ2) is 6.14. The predicted octanol–water partition coefficient (Wildman–Crippen LogP) is 0.442. The summed E-state index contributed by atoms with van der Waals surface area (Å²) in [5.74, 6) is -2.66. The molecule has 0 bridgehead atoms. The fraction of sp³-hybridized carbons (Fsp3) is 0.182. The van der Waals surface area contributed by atoms with E-state index in [1.54, 1.807) is 6.07 Å². The first-order chi connectivity index (χ1) is 9.35. The summed E-state index contributed by atoms with van der Waals surface area (Å²) in [6, 6.07) is 5.08. The lowest BCUT2D eigenvalue weighted by Crippen LogP contribution is -2.34. The molecule has 0 heterocycles. The summed E-state index contributed by atoms with van der Waals surface area (Å²) in [5, 5.41) is 37.1. The lowest BCUT2D eigenvalue weighted by molar-refractivity contribution is -0.384. The molecule has 0 aliphatic rings. The van der Waals surface area contributed by atoms with Crippen LogP contribution in [0.1, 0.15) is 5.56 Å². The average Bonchev–Trinajstić information content (AvgIpc) is 2.36. The lowest BCUT2D eigenvalue weighted by Gasteiger charge is -2.20. The Morgan fingerprint density at radius 2 is 1.85 bits per heavy atom. The summed E-state index contributed by atoms with van der Waals surface area (Å²) in [5.41, 5.74) is -0.670. The van der Waals surface area contributed by atoms with E-state index in [9.17, 15) is 19.7 Å². The number of carboxylic acids is 2. The van der Waals surface area contributed by atoms with Crippen molar-refractivity contribution in [1.29, 1.82) is 5.26 Å². The zero-order valence-electron chi connectivity index (χ0n) is 10.0. The van der Waals surface area contributed by atoms with Crippen LogP contribution in [0.3, 0.4) is 0 Å². The van der Waals surface area contributed by atoms with E-state index in [4.69, 9.17) is 15.5 Å². The van der Waals surface area contributed by atoms with Gasteiger partial charge in [-0.15, -0.1) is 0 Å². The number of carboxylic acid groups (broad SMARTS) is 2. The number of nitriles is 1. The van der Waals surface area contributed by atoms with E-state index >= 15 is 0 Å². The summed E-state index contributed by atoms with van der Waals surface area (Å²) in [7, 11) is 0. The SMILES string of the molecule is N#Cc1ccc(N(CC(=O)O)CC(=O)O)c([N+](=O)[O-])c1. The van der Waals surface area contributed by atoms with Gasteiger partial charge in [0.25, 0.3) is 5.69 Å². The summed E-state index contributed by atoms with van der Waals surface area (Å²) < 4.78 is 0. The van der Waals surface area contributed by atoms with Crippen LogP contribution in [-0.2, 0) is 9.59 Å². The van der Waals surface area contributed by atoms with Crippen LogP contribution in [0.4, 0.5) is 11.4 Å². The topological polar surface area (TPSA) is 145 Å². The normalized spacial score (nSPS) is 9.55. The highest BCUT2D eigenvalue weighted by Crippen LogP contribution is 2.29. The van der Waals surface area contributed by atoms with E-state index in [1.807, 2.05) is 0 Å². The molecule has 2 N–H and O–H groups in total. The van der Waals surface area contributed by atoms with Crippen molar-refractivity contribution in [2.75, 3.05) is 18.0 Å². The van der Waals surface area contributed by atoms with Gasteiger partial charge in [0.1, 0.15) is 18.8 Å². The van der Waals surface area contributed by atoms with Crippen molar-refractivity contribution in [1.82, 2.24) is 0 Å². The zero-order chi connectivity index (χ0) is 15.3. The van der Waals surface area contributed by atoms with Crippen molar-refractivity contribution in [3.05, 3.63) is 33.9 Å². The number of hydrogen-bond acceptors (Lipinski definition) is 6. The van der Waals surface area contributed by atoms with Crippen LogP contribution < -0.4 is 4.90 Å². The molecule has 9 nitrogen and oxygen atoms in total. The van der Waals surface area contributed by atoms with Crippen LogP contribution in [-0.4, -0.2) is 40.2 Å². The summed E-state index contributed by atoms with van der Waals surface area (Å²) >= 11 is 0. The second-order valence-electron chi connectivity index (χ2n) is 3.72. The molecule has 1 rings (SSSR count). The molecule has 1 aromatic rings. The van der Waals surface area contributed by atoms with E-state index < -0.39 is 35.6 Å². The first-order valence-corrected chi connectivity index (χ1v) is 5.22. The molecule has 9 heteroatoms. The molecule has 104 valence electrons. The van der Waals surface area contributed by atoms with Crippen LogP contribution >= 0.6 is 0 Å². The Bertz CT molecular complexity index is 591. The van der Waals surface area contributed by atoms with Gasteiger partial charge in [0, 0.05) is 6.07 Å². The molecule has 0 unspecified atom stereocenters. The Morgan fingerprint density at radius 1 is 1.30 bits per heavy atom. The number of carbonyl (C=O) groups is 2. The third-order valence-electron chi connectivity index (χ3n) is 2.29. The van der Waals surface area contributed by atoms with Crippen LogP contribution in [0.25, 0.3) is 0 Å². The number of rotatable bonds is 6. The van der Waals surface area contributed by atoms with E-state index in [0.29, 0.717) is 0 Å². The number of anilines is 1. The number of benzene rings is 1. The van der Waals surface area contributed by atoms with Crippen molar-refractivity contribution < 1.29 is 24.7 Å². The van der Waals surface area contributed by atoms with E-state index in [0.717, 1.165) is 17.0 Å². The Kier molecular flexibility index (Phi) is 4.58. The third-order valence-corrected chi connectivity index (χ3v) is 2.29. The molecule has 0 aromatic heterocycles. The molecule has 1 aromatic carbocycles. The Hall–Kier alpha value is -3.15. The first-order valence-electron chi connectivity index (χ1n) is 5.22. The molecule has 0 aliphatic heterocycles. The number of hydrogen-bond donors (Lipinski definition) is 2. The Balaban J connectivity index is 3.31. The minimum absolute atomic E-state index is 0.0195. The van der Waals surface area contributed by atoms with Gasteiger partial charge in [-0.3, -0.25) is 19.7 Å². The minimum Gasteiger partial charge on any atom is -0.480 e. The highest BCUT2D eigenvalue weighted by molar-refractivity contribution is 5.82. The third kappa shape index (κ3) is 3.67. The quantitative estimate of drug-likeness (QED) is 0.563. The standard InChI is InChI=1S/C11H9N3O6/c12-4-7-1-2-8(9(3-7)14(19)20)13(5-10(15)16)6-11(17)18/h1-3H,5-6H2,(H,15,16)(H,17,18). The van der Waals surface area contributed by atoms with E-state index in [1.165, 1.54) is 6.07 Å². The number of nitro benzene ring substituents is 1. The van der Waals surface area contributed by atoms with Gasteiger partial charge in [0.2, 0.25) is 0 Å². The van der Waals surface area contributed by atoms with Crippen molar-refractivity contribution in [3.8, 4) is 6.07 Å². The largest absolute Gasteiger partial charge is 0.480 e. The van der Waals surface area contributed by atoms with Crippen molar-refractivity contribution >= 4 is 23.3 Å². The fourth-order valence-corrected chi connectivity index (χ4v) is 1.56. The summed E-state index contributed by atoms with van der Waals surface area (Å²) in [6.45, 7) is -1.42. The van der Waals surface area contributed by atoms with Crippen molar-refractivity contribution in [2.45, 2.75) is 0 Å². The molecule has 0 fully saturated rings. The van der Waals surface area contributed by atoms with Gasteiger partial charge in [0.15, 0.2) is 0 Å². The van der Waals surface area contributed by atoms with Crippen LogP contribution in [0.5, 0.6) is 0 Å². The number of aliphatic carboxylic acids is 2. The van der Waals surface area contributed by atoms with Crippen molar-refractivity contribution in [3.63, 3.8) is 0 Å². The number of nitro groups is 1. The molecule has 0 saturated carbocycles. The number of nitrogens with zero attached hydrogens (tertiary/aromatic N) is 3. The van der Waals surface area contributed by atoms with Gasteiger partial charge >= 0.3 is 11.9 Å². The molecule has 0 amide bonds.